The van der Waals surface area contributed by atoms with Crippen LogP contribution in [0.2, 0.25) is 0 Å². The molecule has 1 unspecified atom stereocenters. The summed E-state index contributed by atoms with van der Waals surface area (Å²) < 4.78 is 11.7. The second-order valence-corrected chi connectivity index (χ2v) is 2.61. The van der Waals surface area contributed by atoms with Crippen LogP contribution < -0.4 is 5.73 Å². The van der Waals surface area contributed by atoms with E-state index in [1.165, 1.54) is 7.11 Å². The second-order valence-electron chi connectivity index (χ2n) is 2.61. The van der Waals surface area contributed by atoms with Crippen molar-refractivity contribution in [1.29, 1.82) is 0 Å². The van der Waals surface area contributed by atoms with Crippen LogP contribution in [0, 0.1) is 5.92 Å². The Labute approximate surface area is 62.9 Å². The van der Waals surface area contributed by atoms with Gasteiger partial charge in [-0.25, -0.2) is 0 Å². The van der Waals surface area contributed by atoms with Crippen molar-refractivity contribution in [1.82, 2.24) is 0 Å². The van der Waals surface area contributed by atoms with Crippen molar-refractivity contribution in [2.45, 2.75) is 26.3 Å². The number of hydrogen-bond donors (Lipinski definition) is 1. The molecule has 0 aliphatic carbocycles. The summed E-state index contributed by atoms with van der Waals surface area (Å²) in [5.74, 6) is -0.456. The minimum absolute atomic E-state index is 0.219. The molecular weight excluding hydrogens is 130 g/mol. The van der Waals surface area contributed by atoms with Crippen LogP contribution in [0.15, 0.2) is 0 Å². The highest BCUT2D eigenvalue weighted by atomic mass is 16.5. The van der Waals surface area contributed by atoms with Crippen molar-refractivity contribution in [2.24, 2.45) is 11.7 Å². The molecule has 0 saturated heterocycles. The summed E-state index contributed by atoms with van der Waals surface area (Å²) in [6.07, 6.45) is 0.319. The quantitative estimate of drug-likeness (QED) is 0.591. The van der Waals surface area contributed by atoms with E-state index in [-0.39, 0.29) is 5.92 Å². The van der Waals surface area contributed by atoms with Crippen LogP contribution in [-0.2, 0) is 9.53 Å². The summed E-state index contributed by atoms with van der Waals surface area (Å²) in [6.45, 7) is 3.80. The third kappa shape index (κ3) is 3.45. The van der Waals surface area contributed by atoms with Gasteiger partial charge in [0.1, 0.15) is 6.02 Å². The fourth-order valence-electron chi connectivity index (χ4n) is 0.654. The highest BCUT2D eigenvalue weighted by molar-refractivity contribution is 5.75. The number of hydrogen-bond acceptors (Lipinski definition) is 3. The number of nitrogens with two attached hydrogens (primary N) is 1. The molecule has 3 nitrogen and oxygen atoms in total. The summed E-state index contributed by atoms with van der Waals surface area (Å²) in [5.41, 5.74) is 5.36. The van der Waals surface area contributed by atoms with Gasteiger partial charge in [0.05, 0.1) is 8.48 Å². The maximum absolute atomic E-state index is 10.8. The van der Waals surface area contributed by atoms with Crippen molar-refractivity contribution >= 4 is 5.97 Å². The number of rotatable bonds is 3. The Hall–Kier alpha value is -0.570. The lowest BCUT2D eigenvalue weighted by molar-refractivity contribution is -0.142. The van der Waals surface area contributed by atoms with Crippen LogP contribution >= 0.6 is 0 Å². The van der Waals surface area contributed by atoms with E-state index in [0.29, 0.717) is 6.42 Å². The maximum Gasteiger partial charge on any atom is 0.322 e. The summed E-state index contributed by atoms with van der Waals surface area (Å²) in [7, 11) is 1.23. The maximum atomic E-state index is 10.8. The third-order valence-electron chi connectivity index (χ3n) is 1.08. The van der Waals surface area contributed by atoms with E-state index < -0.39 is 12.0 Å². The van der Waals surface area contributed by atoms with Crippen molar-refractivity contribution in [2.75, 3.05) is 7.11 Å². The number of carbonyl (C=O) groups is 1. The normalized spacial score (nSPS) is 17.9. The standard InChI is InChI=1S/C7H15NO2/c1-5(2)4-6(8)7(9)10-3/h5-6H,4,8H2,1-3H3/i6D. The van der Waals surface area contributed by atoms with Gasteiger partial charge in [-0.1, -0.05) is 13.8 Å². The molecule has 0 rings (SSSR count). The molecule has 0 aliphatic heterocycles. The first-order chi connectivity index (χ1) is 4.90. The molecule has 0 aromatic rings. The van der Waals surface area contributed by atoms with E-state index in [0.717, 1.165) is 0 Å². The van der Waals surface area contributed by atoms with E-state index in [1.807, 2.05) is 13.8 Å². The first-order valence-corrected chi connectivity index (χ1v) is 3.27. The predicted octanol–water partition coefficient (Wildman–Crippen LogP) is 0.533. The van der Waals surface area contributed by atoms with Gasteiger partial charge in [0, 0.05) is 0 Å². The molecule has 2 N–H and O–H groups in total. The minimum atomic E-state index is -1.58. The average molecular weight is 146 g/mol. The molecule has 3 heteroatoms. The van der Waals surface area contributed by atoms with E-state index in [1.54, 1.807) is 0 Å². The molecule has 10 heavy (non-hydrogen) atoms. The van der Waals surface area contributed by atoms with Gasteiger partial charge < -0.3 is 10.5 Å². The lowest BCUT2D eigenvalue weighted by atomic mass is 10.1. The Morgan fingerprint density at radius 3 is 2.60 bits per heavy atom. The molecule has 60 valence electrons. The van der Waals surface area contributed by atoms with Crippen molar-refractivity contribution < 1.29 is 10.9 Å². The molecule has 0 aliphatic rings. The molecule has 0 heterocycles. The largest absolute Gasteiger partial charge is 0.468 e. The van der Waals surface area contributed by atoms with E-state index in [4.69, 9.17) is 7.10 Å². The summed E-state index contributed by atoms with van der Waals surface area (Å²) in [4.78, 5) is 10.8. The van der Waals surface area contributed by atoms with Crippen LogP contribution in [0.3, 0.4) is 0 Å². The summed E-state index contributed by atoms with van der Waals surface area (Å²) in [5, 5.41) is 0. The minimum Gasteiger partial charge on any atom is -0.468 e. The number of esters is 1. The van der Waals surface area contributed by atoms with E-state index in [2.05, 4.69) is 4.74 Å². The van der Waals surface area contributed by atoms with Crippen LogP contribution in [0.1, 0.15) is 21.6 Å². The van der Waals surface area contributed by atoms with Crippen molar-refractivity contribution in [3.8, 4) is 0 Å². The van der Waals surface area contributed by atoms with Crippen LogP contribution in [0.5, 0.6) is 0 Å². The van der Waals surface area contributed by atoms with Gasteiger partial charge in [-0.2, -0.15) is 0 Å². The zero-order valence-corrected chi connectivity index (χ0v) is 6.68. The topological polar surface area (TPSA) is 52.3 Å². The summed E-state index contributed by atoms with van der Waals surface area (Å²) in [6, 6.07) is -1.58. The van der Waals surface area contributed by atoms with Crippen LogP contribution in [0.25, 0.3) is 0 Å². The molecular formula is C7H15NO2. The molecule has 0 amide bonds. The zero-order valence-electron chi connectivity index (χ0n) is 7.68. The second kappa shape index (κ2) is 4.28. The number of methoxy groups -OCH3 is 1. The van der Waals surface area contributed by atoms with Gasteiger partial charge in [-0.05, 0) is 12.3 Å². The molecule has 0 aromatic heterocycles. The van der Waals surface area contributed by atoms with Gasteiger partial charge in [-0.15, -0.1) is 0 Å². The molecule has 0 aromatic carbocycles. The molecule has 0 bridgehead atoms. The Morgan fingerprint density at radius 2 is 2.30 bits per heavy atom. The predicted molar refractivity (Wildman–Crippen MR) is 39.4 cm³/mol. The van der Waals surface area contributed by atoms with Crippen LogP contribution in [-0.4, -0.2) is 19.1 Å². The smallest absolute Gasteiger partial charge is 0.322 e. The number of carbonyl (C=O) groups excluding carboxylic acids is 1. The van der Waals surface area contributed by atoms with Crippen molar-refractivity contribution in [3.05, 3.63) is 0 Å². The SMILES string of the molecule is [2H]C(N)(CC(C)C)C(=O)OC. The Morgan fingerprint density at radius 1 is 1.80 bits per heavy atom. The van der Waals surface area contributed by atoms with Crippen LogP contribution in [0.4, 0.5) is 0 Å². The van der Waals surface area contributed by atoms with E-state index in [9.17, 15) is 4.79 Å². The molecule has 1 atom stereocenters. The fourth-order valence-corrected chi connectivity index (χ4v) is 0.654. The average Bonchev–Trinajstić information content (AvgIpc) is 1.83. The molecule has 0 spiro atoms. The monoisotopic (exact) mass is 146 g/mol. The highest BCUT2D eigenvalue weighted by Crippen LogP contribution is 2.02. The van der Waals surface area contributed by atoms with E-state index >= 15 is 0 Å². The van der Waals surface area contributed by atoms with Gasteiger partial charge >= 0.3 is 5.97 Å². The Balaban J connectivity index is 4.09. The number of ether oxygens (including phenoxy) is 1. The highest BCUT2D eigenvalue weighted by Gasteiger charge is 2.14. The zero-order chi connectivity index (χ0) is 9.07. The Bertz CT molecular complexity index is 145. The lowest BCUT2D eigenvalue weighted by Crippen LogP contribution is -2.32. The third-order valence-corrected chi connectivity index (χ3v) is 1.08. The molecule has 0 fully saturated rings. The lowest BCUT2D eigenvalue weighted by Gasteiger charge is -2.10. The Kier molecular flexibility index (Phi) is 3.22. The van der Waals surface area contributed by atoms with Gasteiger partial charge in [-0.3, -0.25) is 4.79 Å². The first-order valence-electron chi connectivity index (χ1n) is 3.77. The first kappa shape index (κ1) is 7.54. The van der Waals surface area contributed by atoms with Gasteiger partial charge in [0.2, 0.25) is 0 Å². The van der Waals surface area contributed by atoms with Gasteiger partial charge in [0.25, 0.3) is 0 Å². The fraction of sp³-hybridized carbons (Fsp3) is 0.857. The summed E-state index contributed by atoms with van der Waals surface area (Å²) >= 11 is 0. The molecule has 0 radical (unpaired) electrons. The van der Waals surface area contributed by atoms with Crippen molar-refractivity contribution in [3.63, 3.8) is 0 Å². The molecule has 0 saturated carbocycles. The van der Waals surface area contributed by atoms with Gasteiger partial charge in [0.15, 0.2) is 0 Å².